The molecule has 0 aromatic rings. The van der Waals surface area contributed by atoms with Crippen LogP contribution in [0.1, 0.15) is 0 Å². The molecule has 2 amide bonds. The Bertz CT molecular complexity index is 267. The minimum Gasteiger partial charge on any atom is -0.371 e. The predicted molar refractivity (Wildman–Crippen MR) is 45.6 cm³/mol. The average Bonchev–Trinajstić information content (AvgIpc) is 2.97. The van der Waals surface area contributed by atoms with Crippen molar-refractivity contribution in [1.82, 2.24) is 4.90 Å². The monoisotopic (exact) mass is 198 g/mol. The van der Waals surface area contributed by atoms with Gasteiger partial charge in [0.1, 0.15) is 0 Å². The summed E-state index contributed by atoms with van der Waals surface area (Å²) in [6.45, 7) is 2.31. The Balaban J connectivity index is 1.87. The number of urea groups is 1. The molecule has 7 nitrogen and oxygen atoms in total. The summed E-state index contributed by atoms with van der Waals surface area (Å²) in [5.74, 6) is 0. The molecule has 0 spiro atoms. The molecular weight excluding hydrogens is 188 g/mol. The summed E-state index contributed by atoms with van der Waals surface area (Å²) in [4.78, 5) is 15.2. The highest BCUT2D eigenvalue weighted by Gasteiger charge is 2.32. The van der Waals surface area contributed by atoms with Gasteiger partial charge in [-0.15, -0.1) is 0 Å². The lowest BCUT2D eigenvalue weighted by molar-refractivity contribution is 0.194. The molecule has 2 atom stereocenters. The average molecular weight is 198 g/mol. The van der Waals surface area contributed by atoms with Crippen molar-refractivity contribution in [3.05, 3.63) is 10.4 Å². The lowest BCUT2D eigenvalue weighted by atomic mass is 10.3. The Morgan fingerprint density at radius 3 is 2.29 bits per heavy atom. The van der Waals surface area contributed by atoms with Gasteiger partial charge in [-0.3, -0.25) is 4.79 Å². The van der Waals surface area contributed by atoms with E-state index in [0.29, 0.717) is 26.3 Å². The number of nitrogens with zero attached hydrogens (tertiary/aromatic N) is 4. The maximum Gasteiger partial charge on any atom is 0.310 e. The van der Waals surface area contributed by atoms with Gasteiger partial charge < -0.3 is 14.4 Å². The van der Waals surface area contributed by atoms with E-state index in [4.69, 9.17) is 15.0 Å². The summed E-state index contributed by atoms with van der Waals surface area (Å²) < 4.78 is 10.00. The normalized spacial score (nSPS) is 27.7. The molecule has 2 aliphatic heterocycles. The zero-order chi connectivity index (χ0) is 9.97. The molecule has 2 unspecified atom stereocenters. The first kappa shape index (κ1) is 9.26. The SMILES string of the molecule is [N-]=[N+]=NC(=O)N(CC1CO1)CC1CO1. The third-order valence-corrected chi connectivity index (χ3v) is 2.05. The van der Waals surface area contributed by atoms with E-state index < -0.39 is 6.03 Å². The summed E-state index contributed by atoms with van der Waals surface area (Å²) >= 11 is 0. The van der Waals surface area contributed by atoms with Crippen molar-refractivity contribution < 1.29 is 14.3 Å². The van der Waals surface area contributed by atoms with Crippen molar-refractivity contribution in [3.8, 4) is 0 Å². The van der Waals surface area contributed by atoms with Crippen molar-refractivity contribution in [2.75, 3.05) is 26.3 Å². The molecular formula is C7H10N4O3. The maximum atomic E-state index is 11.3. The Morgan fingerprint density at radius 1 is 1.43 bits per heavy atom. The van der Waals surface area contributed by atoms with Gasteiger partial charge in [-0.1, -0.05) is 0 Å². The first-order chi connectivity index (χ1) is 6.79. The fourth-order valence-electron chi connectivity index (χ4n) is 1.17. The summed E-state index contributed by atoms with van der Waals surface area (Å²) in [6.07, 6.45) is 0.207. The van der Waals surface area contributed by atoms with Gasteiger partial charge >= 0.3 is 6.03 Å². The standard InChI is InChI=1S/C7H10N4O3/c8-10-9-7(12)11(1-5-3-13-5)2-6-4-14-6/h5-6H,1-4H2. The summed E-state index contributed by atoms with van der Waals surface area (Å²) in [7, 11) is 0. The van der Waals surface area contributed by atoms with Crippen LogP contribution in [-0.2, 0) is 9.47 Å². The first-order valence-corrected chi connectivity index (χ1v) is 4.37. The Hall–Kier alpha value is -1.30. The molecule has 0 aromatic heterocycles. The van der Waals surface area contributed by atoms with Crippen molar-refractivity contribution in [3.63, 3.8) is 0 Å². The molecule has 14 heavy (non-hydrogen) atoms. The topological polar surface area (TPSA) is 94.1 Å². The maximum absolute atomic E-state index is 11.3. The number of carbonyl (C=O) groups excluding carboxylic acids is 1. The van der Waals surface area contributed by atoms with Crippen LogP contribution in [0.15, 0.2) is 5.11 Å². The lowest BCUT2D eigenvalue weighted by Crippen LogP contribution is -2.35. The van der Waals surface area contributed by atoms with Gasteiger partial charge in [0, 0.05) is 23.1 Å². The quantitative estimate of drug-likeness (QED) is 0.285. The van der Waals surface area contributed by atoms with Crippen LogP contribution in [0, 0.1) is 0 Å². The summed E-state index contributed by atoms with van der Waals surface area (Å²) in [6, 6.07) is -0.557. The van der Waals surface area contributed by atoms with Crippen LogP contribution in [-0.4, -0.2) is 49.4 Å². The van der Waals surface area contributed by atoms with Gasteiger partial charge in [0.05, 0.1) is 25.4 Å². The number of rotatable bonds is 4. The number of amides is 2. The van der Waals surface area contributed by atoms with Gasteiger partial charge in [0.25, 0.3) is 0 Å². The fraction of sp³-hybridized carbons (Fsp3) is 0.857. The second-order valence-corrected chi connectivity index (χ2v) is 3.29. The molecule has 2 rings (SSSR count). The fourth-order valence-corrected chi connectivity index (χ4v) is 1.17. The second kappa shape index (κ2) is 3.83. The van der Waals surface area contributed by atoms with Crippen LogP contribution in [0.2, 0.25) is 0 Å². The molecule has 2 heterocycles. The lowest BCUT2D eigenvalue weighted by Gasteiger charge is -2.17. The molecule has 0 saturated carbocycles. The minimum atomic E-state index is -0.557. The van der Waals surface area contributed by atoms with Crippen molar-refractivity contribution in [2.24, 2.45) is 5.11 Å². The number of hydrogen-bond donors (Lipinski definition) is 0. The van der Waals surface area contributed by atoms with Crippen LogP contribution in [0.5, 0.6) is 0 Å². The summed E-state index contributed by atoms with van der Waals surface area (Å²) in [5.41, 5.74) is 8.13. The second-order valence-electron chi connectivity index (χ2n) is 3.29. The van der Waals surface area contributed by atoms with Gasteiger partial charge in [-0.2, -0.15) is 0 Å². The van der Waals surface area contributed by atoms with E-state index in [0.717, 1.165) is 0 Å². The molecule has 2 saturated heterocycles. The molecule has 0 aromatic carbocycles. The number of hydrogen-bond acceptors (Lipinski definition) is 3. The van der Waals surface area contributed by atoms with Gasteiger partial charge in [-0.25, -0.2) is 0 Å². The third kappa shape index (κ3) is 2.59. The third-order valence-electron chi connectivity index (χ3n) is 2.05. The molecule has 2 aliphatic rings. The van der Waals surface area contributed by atoms with Crippen LogP contribution in [0.25, 0.3) is 10.4 Å². The van der Waals surface area contributed by atoms with Crippen LogP contribution < -0.4 is 0 Å². The van der Waals surface area contributed by atoms with E-state index in [1.165, 1.54) is 4.90 Å². The molecule has 7 heteroatoms. The first-order valence-electron chi connectivity index (χ1n) is 4.37. The Morgan fingerprint density at radius 2 is 1.93 bits per heavy atom. The van der Waals surface area contributed by atoms with Gasteiger partial charge in [0.2, 0.25) is 0 Å². The van der Waals surface area contributed by atoms with Crippen molar-refractivity contribution in [2.45, 2.75) is 12.2 Å². The van der Waals surface area contributed by atoms with E-state index in [2.05, 4.69) is 10.0 Å². The number of azide groups is 1. The highest BCUT2D eigenvalue weighted by atomic mass is 16.6. The van der Waals surface area contributed by atoms with Crippen molar-refractivity contribution >= 4 is 6.03 Å². The van der Waals surface area contributed by atoms with Crippen molar-refractivity contribution in [1.29, 1.82) is 0 Å². The molecule has 76 valence electrons. The van der Waals surface area contributed by atoms with E-state index in [-0.39, 0.29) is 12.2 Å². The number of ether oxygens (including phenoxy) is 2. The van der Waals surface area contributed by atoms with Gasteiger partial charge in [-0.05, 0) is 5.53 Å². The Kier molecular flexibility index (Phi) is 2.53. The van der Waals surface area contributed by atoms with E-state index >= 15 is 0 Å². The molecule has 0 radical (unpaired) electrons. The van der Waals surface area contributed by atoms with Crippen LogP contribution in [0.4, 0.5) is 4.79 Å². The minimum absolute atomic E-state index is 0.103. The van der Waals surface area contributed by atoms with E-state index in [1.807, 2.05) is 0 Å². The molecule has 0 N–H and O–H groups in total. The highest BCUT2D eigenvalue weighted by molar-refractivity contribution is 5.75. The molecule has 2 fully saturated rings. The van der Waals surface area contributed by atoms with E-state index in [9.17, 15) is 4.79 Å². The predicted octanol–water partition coefficient (Wildman–Crippen LogP) is 0.516. The van der Waals surface area contributed by atoms with Crippen LogP contribution in [0.3, 0.4) is 0 Å². The van der Waals surface area contributed by atoms with E-state index in [1.54, 1.807) is 0 Å². The number of epoxide rings is 2. The zero-order valence-electron chi connectivity index (χ0n) is 7.50. The molecule has 0 aliphatic carbocycles. The zero-order valence-corrected chi connectivity index (χ0v) is 7.50. The van der Waals surface area contributed by atoms with Crippen LogP contribution >= 0.6 is 0 Å². The summed E-state index contributed by atoms with van der Waals surface area (Å²) in [5, 5.41) is 3.04. The molecule has 0 bridgehead atoms. The smallest absolute Gasteiger partial charge is 0.310 e. The van der Waals surface area contributed by atoms with Gasteiger partial charge in [0.15, 0.2) is 0 Å². The Labute approximate surface area is 80.2 Å². The highest BCUT2D eigenvalue weighted by Crippen LogP contribution is 2.16. The number of carbonyl (C=O) groups is 1. The largest absolute Gasteiger partial charge is 0.371 e.